The van der Waals surface area contributed by atoms with Gasteiger partial charge >= 0.3 is 0 Å². The number of carbonyl (C=O) groups excluding carboxylic acids is 3. The molecule has 0 spiro atoms. The van der Waals surface area contributed by atoms with Gasteiger partial charge in [0.05, 0.1) is 15.5 Å². The molecule has 2 rings (SSSR count). The number of nitro benzene ring substituents is 1. The first-order valence-corrected chi connectivity index (χ1v) is 6.35. The highest BCUT2D eigenvalue weighted by molar-refractivity contribution is 6.34. The molecule has 0 aliphatic carbocycles. The van der Waals surface area contributed by atoms with Crippen molar-refractivity contribution in [2.24, 2.45) is 0 Å². The summed E-state index contributed by atoms with van der Waals surface area (Å²) in [7, 11) is 0. The van der Waals surface area contributed by atoms with Crippen molar-refractivity contribution in [2.75, 3.05) is 0 Å². The van der Waals surface area contributed by atoms with Crippen LogP contribution in [-0.4, -0.2) is 28.7 Å². The lowest BCUT2D eigenvalue weighted by atomic mass is 10.1. The summed E-state index contributed by atoms with van der Waals surface area (Å²) in [6.07, 6.45) is 0.325. The van der Waals surface area contributed by atoms with E-state index in [9.17, 15) is 24.5 Å². The van der Waals surface area contributed by atoms with Crippen LogP contribution in [0.25, 0.3) is 0 Å². The quantitative estimate of drug-likeness (QED) is 0.486. The number of hydrogen-bond donors (Lipinski definition) is 2. The molecule has 9 heteroatoms. The first kappa shape index (κ1) is 14.9. The number of halogens is 1. The summed E-state index contributed by atoms with van der Waals surface area (Å²) < 4.78 is 0. The predicted molar refractivity (Wildman–Crippen MR) is 71.7 cm³/mol. The molecule has 3 amide bonds. The van der Waals surface area contributed by atoms with Crippen LogP contribution in [-0.2, 0) is 9.59 Å². The number of non-ortho nitro benzene ring substituents is 1. The second-order valence-corrected chi connectivity index (χ2v) is 4.81. The first-order chi connectivity index (χ1) is 9.88. The maximum atomic E-state index is 12.0. The summed E-state index contributed by atoms with van der Waals surface area (Å²) >= 11 is 5.83. The Hall–Kier alpha value is -2.48. The molecule has 0 saturated carbocycles. The summed E-state index contributed by atoms with van der Waals surface area (Å²) in [5.41, 5.74) is -0.218. The largest absolute Gasteiger partial charge is 0.340 e. The molecule has 1 unspecified atom stereocenters. The van der Waals surface area contributed by atoms with Crippen LogP contribution in [0, 0.1) is 10.1 Å². The van der Waals surface area contributed by atoms with Crippen LogP contribution in [0.3, 0.4) is 0 Å². The lowest BCUT2D eigenvalue weighted by Gasteiger charge is -2.21. The van der Waals surface area contributed by atoms with E-state index in [0.29, 0.717) is 0 Å². The molecule has 1 aromatic rings. The third-order valence-electron chi connectivity index (χ3n) is 2.95. The van der Waals surface area contributed by atoms with E-state index in [1.807, 2.05) is 0 Å². The molecule has 0 bridgehead atoms. The molecule has 0 radical (unpaired) electrons. The van der Waals surface area contributed by atoms with E-state index >= 15 is 0 Å². The van der Waals surface area contributed by atoms with Crippen molar-refractivity contribution in [2.45, 2.75) is 18.9 Å². The van der Waals surface area contributed by atoms with Crippen molar-refractivity contribution in [1.82, 2.24) is 10.6 Å². The Morgan fingerprint density at radius 1 is 1.43 bits per heavy atom. The number of hydrogen-bond acceptors (Lipinski definition) is 5. The van der Waals surface area contributed by atoms with E-state index in [1.165, 1.54) is 6.07 Å². The molecular weight excluding hydrogens is 302 g/mol. The molecule has 2 N–H and O–H groups in total. The number of piperidine rings is 1. The second kappa shape index (κ2) is 5.88. The molecule has 8 nitrogen and oxygen atoms in total. The first-order valence-electron chi connectivity index (χ1n) is 5.97. The number of rotatable bonds is 3. The fraction of sp³-hybridized carbons (Fsp3) is 0.250. The molecular formula is C12H10ClN3O5. The topological polar surface area (TPSA) is 118 Å². The average molecular weight is 312 g/mol. The van der Waals surface area contributed by atoms with Gasteiger partial charge in [-0.25, -0.2) is 0 Å². The lowest BCUT2D eigenvalue weighted by Crippen LogP contribution is -2.52. The zero-order chi connectivity index (χ0) is 15.6. The van der Waals surface area contributed by atoms with Crippen molar-refractivity contribution in [1.29, 1.82) is 0 Å². The molecule has 1 aromatic carbocycles. The Morgan fingerprint density at radius 2 is 2.14 bits per heavy atom. The normalized spacial score (nSPS) is 18.0. The SMILES string of the molecule is O=C1CCC(NC(=O)c2ccc([N+](=O)[O-])cc2Cl)C(=O)N1. The molecule has 1 aliphatic heterocycles. The van der Waals surface area contributed by atoms with Gasteiger partial charge in [-0.15, -0.1) is 0 Å². The highest BCUT2D eigenvalue weighted by atomic mass is 35.5. The smallest absolute Gasteiger partial charge is 0.270 e. The van der Waals surface area contributed by atoms with E-state index in [0.717, 1.165) is 12.1 Å². The highest BCUT2D eigenvalue weighted by Gasteiger charge is 2.28. The molecule has 1 fully saturated rings. The van der Waals surface area contributed by atoms with Gasteiger partial charge in [0.1, 0.15) is 6.04 Å². The van der Waals surface area contributed by atoms with Gasteiger partial charge in [-0.3, -0.25) is 29.8 Å². The molecule has 110 valence electrons. The van der Waals surface area contributed by atoms with Crippen LogP contribution in [0.5, 0.6) is 0 Å². The predicted octanol–water partition coefficient (Wildman–Crippen LogP) is 0.783. The van der Waals surface area contributed by atoms with Gasteiger partial charge in [0, 0.05) is 18.6 Å². The monoisotopic (exact) mass is 311 g/mol. The number of amides is 3. The number of nitrogens with one attached hydrogen (secondary N) is 2. The third kappa shape index (κ3) is 3.34. The summed E-state index contributed by atoms with van der Waals surface area (Å²) in [6, 6.07) is 2.58. The second-order valence-electron chi connectivity index (χ2n) is 4.40. The van der Waals surface area contributed by atoms with Gasteiger partial charge in [-0.05, 0) is 12.5 Å². The van der Waals surface area contributed by atoms with E-state index in [1.54, 1.807) is 0 Å². The summed E-state index contributed by atoms with van der Waals surface area (Å²) in [6.45, 7) is 0. The van der Waals surface area contributed by atoms with Crippen molar-refractivity contribution < 1.29 is 19.3 Å². The Bertz CT molecular complexity index is 646. The van der Waals surface area contributed by atoms with E-state index < -0.39 is 22.8 Å². The van der Waals surface area contributed by atoms with Crippen LogP contribution in [0.4, 0.5) is 5.69 Å². The van der Waals surface area contributed by atoms with Gasteiger partial charge in [0.25, 0.3) is 11.6 Å². The van der Waals surface area contributed by atoms with Crippen molar-refractivity contribution in [3.63, 3.8) is 0 Å². The van der Waals surface area contributed by atoms with Gasteiger partial charge in [0.15, 0.2) is 0 Å². The van der Waals surface area contributed by atoms with E-state index in [-0.39, 0.29) is 35.0 Å². The molecule has 1 saturated heterocycles. The average Bonchev–Trinajstić information content (AvgIpc) is 2.41. The van der Waals surface area contributed by atoms with E-state index in [2.05, 4.69) is 10.6 Å². The maximum Gasteiger partial charge on any atom is 0.270 e. The van der Waals surface area contributed by atoms with Crippen LogP contribution in [0.1, 0.15) is 23.2 Å². The van der Waals surface area contributed by atoms with Crippen LogP contribution in [0.15, 0.2) is 18.2 Å². The minimum absolute atomic E-state index is 0.0203. The zero-order valence-corrected chi connectivity index (χ0v) is 11.3. The highest BCUT2D eigenvalue weighted by Crippen LogP contribution is 2.22. The number of imide groups is 1. The van der Waals surface area contributed by atoms with Crippen LogP contribution >= 0.6 is 11.6 Å². The maximum absolute atomic E-state index is 12.0. The van der Waals surface area contributed by atoms with Crippen molar-refractivity contribution >= 4 is 35.0 Å². The van der Waals surface area contributed by atoms with Gasteiger partial charge in [-0.1, -0.05) is 11.6 Å². The molecule has 1 atom stereocenters. The van der Waals surface area contributed by atoms with Crippen molar-refractivity contribution in [3.8, 4) is 0 Å². The Balaban J connectivity index is 2.12. The molecule has 0 aromatic heterocycles. The summed E-state index contributed by atoms with van der Waals surface area (Å²) in [5, 5.41) is 15.0. The van der Waals surface area contributed by atoms with E-state index in [4.69, 9.17) is 11.6 Å². The van der Waals surface area contributed by atoms with Crippen LogP contribution in [0.2, 0.25) is 5.02 Å². The Kier molecular flexibility index (Phi) is 4.18. The number of carbonyl (C=O) groups is 3. The van der Waals surface area contributed by atoms with Gasteiger partial charge < -0.3 is 5.32 Å². The number of nitro groups is 1. The zero-order valence-electron chi connectivity index (χ0n) is 10.6. The van der Waals surface area contributed by atoms with Gasteiger partial charge in [-0.2, -0.15) is 0 Å². The molecule has 1 heterocycles. The Morgan fingerprint density at radius 3 is 2.71 bits per heavy atom. The lowest BCUT2D eigenvalue weighted by molar-refractivity contribution is -0.384. The summed E-state index contributed by atoms with van der Waals surface area (Å²) in [4.78, 5) is 44.5. The minimum atomic E-state index is -0.832. The molecule has 21 heavy (non-hydrogen) atoms. The number of nitrogens with zero attached hydrogens (tertiary/aromatic N) is 1. The van der Waals surface area contributed by atoms with Gasteiger partial charge in [0.2, 0.25) is 11.8 Å². The third-order valence-corrected chi connectivity index (χ3v) is 3.27. The standard InChI is InChI=1S/C12H10ClN3O5/c13-8-5-6(16(20)21)1-2-7(8)11(18)14-9-3-4-10(17)15-12(9)19/h1-2,5,9H,3-4H2,(H,14,18)(H,15,17,19). The van der Waals surface area contributed by atoms with Crippen LogP contribution < -0.4 is 10.6 Å². The van der Waals surface area contributed by atoms with Crippen molar-refractivity contribution in [3.05, 3.63) is 38.9 Å². The summed E-state index contributed by atoms with van der Waals surface area (Å²) in [5.74, 6) is -1.61. The fourth-order valence-electron chi connectivity index (χ4n) is 1.87. The minimum Gasteiger partial charge on any atom is -0.340 e. The molecule has 1 aliphatic rings. The Labute approximate surface area is 123 Å². The number of benzene rings is 1. The fourth-order valence-corrected chi connectivity index (χ4v) is 2.13.